The first-order valence-corrected chi connectivity index (χ1v) is 8.91. The fourth-order valence-corrected chi connectivity index (χ4v) is 3.37. The summed E-state index contributed by atoms with van der Waals surface area (Å²) in [7, 11) is 2.97. The van der Waals surface area contributed by atoms with Crippen molar-refractivity contribution in [1.29, 1.82) is 0 Å². The van der Waals surface area contributed by atoms with E-state index in [-0.39, 0.29) is 27.9 Å². The summed E-state index contributed by atoms with van der Waals surface area (Å²) >= 11 is 0. The number of rotatable bonds is 4. The van der Waals surface area contributed by atoms with Crippen molar-refractivity contribution in [3.8, 4) is 28.2 Å². The van der Waals surface area contributed by atoms with E-state index in [1.807, 2.05) is 0 Å². The first-order chi connectivity index (χ1) is 14.0. The molecular formula is C23H17F2NO3. The minimum Gasteiger partial charge on any atom is -0.496 e. The van der Waals surface area contributed by atoms with E-state index in [0.717, 1.165) is 0 Å². The summed E-state index contributed by atoms with van der Waals surface area (Å²) in [6, 6.07) is 15.7. The molecule has 0 saturated carbocycles. The summed E-state index contributed by atoms with van der Waals surface area (Å²) in [4.78, 5) is 12.6. The van der Waals surface area contributed by atoms with Crippen molar-refractivity contribution in [1.82, 2.24) is 5.32 Å². The van der Waals surface area contributed by atoms with Crippen molar-refractivity contribution < 1.29 is 22.7 Å². The maximum absolute atomic E-state index is 15.7. The molecule has 0 fully saturated rings. The monoisotopic (exact) mass is 393 g/mol. The number of para-hydroxylation sites is 1. The number of carbonyl (C=O) groups excluding carboxylic acids is 1. The van der Waals surface area contributed by atoms with Gasteiger partial charge in [-0.05, 0) is 42.5 Å². The normalized spacial score (nSPS) is 10.9. The Morgan fingerprint density at radius 2 is 1.69 bits per heavy atom. The molecule has 1 heterocycles. The summed E-state index contributed by atoms with van der Waals surface area (Å²) in [6.07, 6.45) is 0. The van der Waals surface area contributed by atoms with E-state index >= 15 is 4.39 Å². The summed E-state index contributed by atoms with van der Waals surface area (Å²) in [6.45, 7) is 0. The maximum atomic E-state index is 15.7. The van der Waals surface area contributed by atoms with Crippen LogP contribution >= 0.6 is 0 Å². The molecule has 0 aliphatic carbocycles. The molecule has 3 aromatic carbocycles. The Labute approximate surface area is 165 Å². The molecule has 6 heteroatoms. The van der Waals surface area contributed by atoms with Gasteiger partial charge in [-0.1, -0.05) is 18.2 Å². The molecule has 1 aromatic heterocycles. The highest BCUT2D eigenvalue weighted by Gasteiger charge is 2.26. The molecule has 0 bridgehead atoms. The zero-order valence-electron chi connectivity index (χ0n) is 15.8. The molecule has 1 amide bonds. The minimum atomic E-state index is -0.595. The van der Waals surface area contributed by atoms with Gasteiger partial charge in [0.2, 0.25) is 0 Å². The van der Waals surface area contributed by atoms with Gasteiger partial charge in [-0.3, -0.25) is 4.79 Å². The van der Waals surface area contributed by atoms with Crippen molar-refractivity contribution in [2.24, 2.45) is 0 Å². The highest BCUT2D eigenvalue weighted by Crippen LogP contribution is 2.40. The molecule has 4 aromatic rings. The lowest BCUT2D eigenvalue weighted by molar-refractivity contribution is 0.0964. The second-order valence-corrected chi connectivity index (χ2v) is 6.39. The van der Waals surface area contributed by atoms with Crippen LogP contribution in [0.25, 0.3) is 33.4 Å². The number of benzene rings is 3. The van der Waals surface area contributed by atoms with Crippen molar-refractivity contribution in [2.75, 3.05) is 14.2 Å². The predicted molar refractivity (Wildman–Crippen MR) is 107 cm³/mol. The topological polar surface area (TPSA) is 51.5 Å². The first-order valence-electron chi connectivity index (χ1n) is 8.91. The molecule has 0 aliphatic rings. The smallest absolute Gasteiger partial charge is 0.255 e. The third kappa shape index (κ3) is 3.12. The number of amides is 1. The lowest BCUT2D eigenvalue weighted by Gasteiger charge is -2.10. The zero-order chi connectivity index (χ0) is 20.5. The Bertz CT molecular complexity index is 1210. The van der Waals surface area contributed by atoms with Gasteiger partial charge in [0.25, 0.3) is 5.91 Å². The molecule has 1 N–H and O–H groups in total. The second-order valence-electron chi connectivity index (χ2n) is 6.39. The highest BCUT2D eigenvalue weighted by atomic mass is 19.1. The van der Waals surface area contributed by atoms with Crippen LogP contribution in [0.5, 0.6) is 5.75 Å². The molecule has 0 radical (unpaired) electrons. The number of nitrogens with one attached hydrogen (secondary N) is 1. The minimum absolute atomic E-state index is 0.0587. The molecule has 0 aliphatic heterocycles. The zero-order valence-corrected chi connectivity index (χ0v) is 15.8. The van der Waals surface area contributed by atoms with Gasteiger partial charge in [0.15, 0.2) is 0 Å². The van der Waals surface area contributed by atoms with Crippen LogP contribution in [0.4, 0.5) is 8.78 Å². The number of furan rings is 1. The van der Waals surface area contributed by atoms with Crippen LogP contribution in [0, 0.1) is 11.6 Å². The number of halogens is 2. The molecule has 146 valence electrons. The summed E-state index contributed by atoms with van der Waals surface area (Å²) in [5.74, 6) is -0.831. The van der Waals surface area contributed by atoms with Gasteiger partial charge in [-0.2, -0.15) is 0 Å². The fourth-order valence-electron chi connectivity index (χ4n) is 3.37. The molecule has 4 nitrogen and oxygen atoms in total. The van der Waals surface area contributed by atoms with Crippen molar-refractivity contribution in [3.05, 3.63) is 77.9 Å². The SMILES string of the molecule is CNC(=O)c1c(-c2ccc(F)cc2)oc2ccc(-c3ccccc3OC)c(F)c12. The molecule has 0 unspecified atom stereocenters. The van der Waals surface area contributed by atoms with E-state index in [2.05, 4.69) is 5.32 Å². The quantitative estimate of drug-likeness (QED) is 0.504. The van der Waals surface area contributed by atoms with E-state index in [0.29, 0.717) is 16.9 Å². The van der Waals surface area contributed by atoms with E-state index in [1.165, 1.54) is 38.4 Å². The van der Waals surface area contributed by atoms with Crippen molar-refractivity contribution in [2.45, 2.75) is 0 Å². The second kappa shape index (κ2) is 7.39. The van der Waals surface area contributed by atoms with Gasteiger partial charge in [-0.25, -0.2) is 8.78 Å². The molecule has 4 rings (SSSR count). The number of hydrogen-bond donors (Lipinski definition) is 1. The lowest BCUT2D eigenvalue weighted by atomic mass is 9.98. The highest BCUT2D eigenvalue weighted by molar-refractivity contribution is 6.12. The number of carbonyl (C=O) groups is 1. The Morgan fingerprint density at radius 3 is 2.38 bits per heavy atom. The number of hydrogen-bond acceptors (Lipinski definition) is 3. The first kappa shape index (κ1) is 18.7. The van der Waals surface area contributed by atoms with Gasteiger partial charge in [0.05, 0.1) is 18.1 Å². The molecule has 0 spiro atoms. The fraction of sp³-hybridized carbons (Fsp3) is 0.0870. The average Bonchev–Trinajstić information content (AvgIpc) is 3.14. The van der Waals surface area contributed by atoms with E-state index in [1.54, 1.807) is 36.4 Å². The summed E-state index contributed by atoms with van der Waals surface area (Å²) in [5.41, 5.74) is 1.59. The van der Waals surface area contributed by atoms with Crippen LogP contribution in [0.2, 0.25) is 0 Å². The van der Waals surface area contributed by atoms with E-state index in [4.69, 9.17) is 9.15 Å². The van der Waals surface area contributed by atoms with Gasteiger partial charge in [0.1, 0.15) is 28.7 Å². The van der Waals surface area contributed by atoms with Crippen molar-refractivity contribution >= 4 is 16.9 Å². The van der Waals surface area contributed by atoms with Crippen LogP contribution in [-0.4, -0.2) is 20.1 Å². The van der Waals surface area contributed by atoms with Crippen LogP contribution in [-0.2, 0) is 0 Å². The van der Waals surface area contributed by atoms with Gasteiger partial charge in [0, 0.05) is 23.7 Å². The van der Waals surface area contributed by atoms with Gasteiger partial charge in [-0.15, -0.1) is 0 Å². The summed E-state index contributed by atoms with van der Waals surface area (Å²) < 4.78 is 40.2. The number of ether oxygens (including phenoxy) is 1. The van der Waals surface area contributed by atoms with Gasteiger partial charge < -0.3 is 14.5 Å². The van der Waals surface area contributed by atoms with E-state index < -0.39 is 17.5 Å². The molecule has 0 saturated heterocycles. The summed E-state index contributed by atoms with van der Waals surface area (Å²) in [5, 5.41) is 2.59. The van der Waals surface area contributed by atoms with Crippen LogP contribution in [0.3, 0.4) is 0 Å². The Balaban J connectivity index is 2.02. The Hall–Kier alpha value is -3.67. The van der Waals surface area contributed by atoms with Crippen molar-refractivity contribution in [3.63, 3.8) is 0 Å². The Kier molecular flexibility index (Phi) is 4.76. The van der Waals surface area contributed by atoms with Crippen LogP contribution < -0.4 is 10.1 Å². The van der Waals surface area contributed by atoms with Crippen LogP contribution in [0.15, 0.2) is 65.1 Å². The standard InChI is InChI=1S/C23H17F2NO3/c1-26-23(27)20-19-18(29-22(20)13-7-9-14(24)10-8-13)12-11-16(21(19)25)15-5-3-4-6-17(15)28-2/h3-12H,1-2H3,(H,26,27). The number of fused-ring (bicyclic) bond motifs is 1. The Morgan fingerprint density at radius 1 is 0.966 bits per heavy atom. The largest absolute Gasteiger partial charge is 0.496 e. The number of methoxy groups -OCH3 is 1. The van der Waals surface area contributed by atoms with E-state index in [9.17, 15) is 9.18 Å². The molecule has 0 atom stereocenters. The van der Waals surface area contributed by atoms with Crippen LogP contribution in [0.1, 0.15) is 10.4 Å². The third-order valence-corrected chi connectivity index (χ3v) is 4.75. The average molecular weight is 393 g/mol. The molecule has 29 heavy (non-hydrogen) atoms. The lowest BCUT2D eigenvalue weighted by Crippen LogP contribution is -2.18. The molecular weight excluding hydrogens is 376 g/mol. The van der Waals surface area contributed by atoms with Gasteiger partial charge >= 0.3 is 0 Å². The predicted octanol–water partition coefficient (Wildman–Crippen LogP) is 5.41. The third-order valence-electron chi connectivity index (χ3n) is 4.75. The maximum Gasteiger partial charge on any atom is 0.255 e.